The second-order valence-electron chi connectivity index (χ2n) is 6.90. The number of aliphatic hydroxyl groups excluding tert-OH is 1. The van der Waals surface area contributed by atoms with Crippen molar-refractivity contribution in [3.8, 4) is 5.75 Å². The van der Waals surface area contributed by atoms with E-state index in [1.807, 2.05) is 19.1 Å². The van der Waals surface area contributed by atoms with Gasteiger partial charge in [0.1, 0.15) is 11.6 Å². The maximum atomic E-state index is 11.7. The van der Waals surface area contributed by atoms with Gasteiger partial charge in [0.05, 0.1) is 12.2 Å². The summed E-state index contributed by atoms with van der Waals surface area (Å²) in [6.45, 7) is 5.79. The molecule has 1 saturated heterocycles. The Morgan fingerprint density at radius 3 is 2.75 bits per heavy atom. The first-order valence-corrected chi connectivity index (χ1v) is 9.68. The summed E-state index contributed by atoms with van der Waals surface area (Å²) >= 11 is 0. The van der Waals surface area contributed by atoms with Gasteiger partial charge in [0.25, 0.3) is 5.91 Å². The number of nitrogens with zero attached hydrogens (tertiary/aromatic N) is 3. The number of hydrogen-bond donors (Lipinski definition) is 2. The van der Waals surface area contributed by atoms with Crippen LogP contribution in [0.1, 0.15) is 29.3 Å². The molecule has 7 nitrogen and oxygen atoms in total. The molecular weight excluding hydrogens is 356 g/mol. The molecule has 2 heterocycles. The van der Waals surface area contributed by atoms with Crippen molar-refractivity contribution in [3.05, 3.63) is 53.7 Å². The van der Waals surface area contributed by atoms with Crippen molar-refractivity contribution >= 4 is 11.7 Å². The molecule has 2 aromatic rings. The van der Waals surface area contributed by atoms with Crippen LogP contribution in [0.2, 0.25) is 0 Å². The summed E-state index contributed by atoms with van der Waals surface area (Å²) < 4.78 is 5.51. The molecule has 0 bridgehead atoms. The quantitative estimate of drug-likeness (QED) is 0.719. The van der Waals surface area contributed by atoms with Crippen LogP contribution in [0.3, 0.4) is 0 Å². The van der Waals surface area contributed by atoms with Crippen molar-refractivity contribution < 1.29 is 14.6 Å². The first-order chi connectivity index (χ1) is 13.6. The van der Waals surface area contributed by atoms with E-state index in [2.05, 4.69) is 26.9 Å². The molecule has 0 spiro atoms. The third-order valence-electron chi connectivity index (χ3n) is 5.04. The number of amides is 1. The van der Waals surface area contributed by atoms with Crippen molar-refractivity contribution in [2.75, 3.05) is 37.7 Å². The minimum Gasteiger partial charge on any atom is -0.494 e. The van der Waals surface area contributed by atoms with Gasteiger partial charge in [-0.15, -0.1) is 0 Å². The zero-order valence-corrected chi connectivity index (χ0v) is 16.3. The number of aromatic nitrogens is 1. The van der Waals surface area contributed by atoms with Crippen LogP contribution in [0, 0.1) is 0 Å². The van der Waals surface area contributed by atoms with Crippen LogP contribution in [-0.4, -0.2) is 59.8 Å². The lowest BCUT2D eigenvalue weighted by atomic mass is 10.1. The third kappa shape index (κ3) is 4.79. The van der Waals surface area contributed by atoms with E-state index in [4.69, 9.17) is 10.5 Å². The fourth-order valence-electron chi connectivity index (χ4n) is 3.65. The van der Waals surface area contributed by atoms with Crippen LogP contribution < -0.4 is 15.4 Å². The molecule has 0 aliphatic carbocycles. The first kappa shape index (κ1) is 20.1. The summed E-state index contributed by atoms with van der Waals surface area (Å²) in [5.74, 6) is 1.02. The zero-order valence-electron chi connectivity index (χ0n) is 16.3. The normalized spacial score (nSPS) is 17.5. The van der Waals surface area contributed by atoms with E-state index < -0.39 is 5.91 Å². The number of aliphatic hydroxyl groups is 1. The molecule has 0 unspecified atom stereocenters. The molecule has 7 heteroatoms. The predicted octanol–water partition coefficient (Wildman–Crippen LogP) is 1.65. The SMILES string of the molecule is CCOc1ccc(CN2CCN(c3ncccc3C(N)=O)C[C@H]2CCO)cc1. The minimum absolute atomic E-state index is 0.114. The molecule has 1 aliphatic heterocycles. The van der Waals surface area contributed by atoms with E-state index in [0.717, 1.165) is 25.4 Å². The van der Waals surface area contributed by atoms with Gasteiger partial charge in [-0.1, -0.05) is 12.1 Å². The van der Waals surface area contributed by atoms with Gasteiger partial charge in [-0.3, -0.25) is 9.69 Å². The lowest BCUT2D eigenvalue weighted by Gasteiger charge is -2.42. The highest BCUT2D eigenvalue weighted by Gasteiger charge is 2.29. The lowest BCUT2D eigenvalue weighted by molar-refractivity contribution is 0.0999. The Bertz CT molecular complexity index is 781. The van der Waals surface area contributed by atoms with Crippen molar-refractivity contribution in [2.45, 2.75) is 25.9 Å². The number of pyridine rings is 1. The summed E-state index contributed by atoms with van der Waals surface area (Å²) in [6.07, 6.45) is 2.33. The molecule has 1 aromatic heterocycles. The second kappa shape index (κ2) is 9.52. The number of benzene rings is 1. The van der Waals surface area contributed by atoms with Crippen molar-refractivity contribution in [3.63, 3.8) is 0 Å². The lowest BCUT2D eigenvalue weighted by Crippen LogP contribution is -2.53. The first-order valence-electron chi connectivity index (χ1n) is 9.68. The Balaban J connectivity index is 1.71. The molecule has 1 aromatic carbocycles. The van der Waals surface area contributed by atoms with Crippen LogP contribution in [-0.2, 0) is 6.54 Å². The third-order valence-corrected chi connectivity index (χ3v) is 5.04. The van der Waals surface area contributed by atoms with E-state index >= 15 is 0 Å². The van der Waals surface area contributed by atoms with E-state index in [9.17, 15) is 9.90 Å². The van der Waals surface area contributed by atoms with E-state index in [1.165, 1.54) is 5.56 Å². The molecule has 0 radical (unpaired) electrons. The summed E-state index contributed by atoms with van der Waals surface area (Å²) in [5.41, 5.74) is 7.15. The van der Waals surface area contributed by atoms with Crippen LogP contribution in [0.5, 0.6) is 5.75 Å². The van der Waals surface area contributed by atoms with Crippen LogP contribution in [0.25, 0.3) is 0 Å². The van der Waals surface area contributed by atoms with E-state index in [0.29, 0.717) is 31.0 Å². The van der Waals surface area contributed by atoms with Crippen molar-refractivity contribution in [1.82, 2.24) is 9.88 Å². The number of carbonyl (C=O) groups is 1. The van der Waals surface area contributed by atoms with Gasteiger partial charge in [-0.05, 0) is 43.2 Å². The summed E-state index contributed by atoms with van der Waals surface area (Å²) in [4.78, 5) is 20.6. The standard InChI is InChI=1S/C21H28N4O3/c1-2-28-18-7-5-16(6-8-18)14-24-11-12-25(15-17(24)9-13-26)21-19(20(22)27)4-3-10-23-21/h3-8,10,17,26H,2,9,11-15H2,1H3,(H2,22,27)/t17-/m1/s1. The van der Waals surface area contributed by atoms with Crippen molar-refractivity contribution in [2.24, 2.45) is 5.73 Å². The van der Waals surface area contributed by atoms with Gasteiger partial charge in [-0.2, -0.15) is 0 Å². The number of primary amides is 1. The van der Waals surface area contributed by atoms with Gasteiger partial charge < -0.3 is 20.5 Å². The topological polar surface area (TPSA) is 91.9 Å². The highest BCUT2D eigenvalue weighted by Crippen LogP contribution is 2.24. The highest BCUT2D eigenvalue weighted by atomic mass is 16.5. The van der Waals surface area contributed by atoms with Crippen LogP contribution in [0.4, 0.5) is 5.82 Å². The molecule has 0 saturated carbocycles. The Hall–Kier alpha value is -2.64. The van der Waals surface area contributed by atoms with Crippen LogP contribution in [0.15, 0.2) is 42.6 Å². The number of rotatable bonds is 8. The van der Waals surface area contributed by atoms with Gasteiger partial charge in [0.15, 0.2) is 0 Å². The molecule has 150 valence electrons. The maximum absolute atomic E-state index is 11.7. The van der Waals surface area contributed by atoms with Gasteiger partial charge in [0.2, 0.25) is 0 Å². The molecule has 1 fully saturated rings. The number of anilines is 1. The molecule has 1 aliphatic rings. The monoisotopic (exact) mass is 384 g/mol. The summed E-state index contributed by atoms with van der Waals surface area (Å²) in [7, 11) is 0. The number of nitrogens with two attached hydrogens (primary N) is 1. The molecule has 28 heavy (non-hydrogen) atoms. The number of piperazine rings is 1. The molecule has 1 amide bonds. The molecular formula is C21H28N4O3. The fraction of sp³-hybridized carbons (Fsp3) is 0.429. The Labute approximate surface area is 165 Å². The maximum Gasteiger partial charge on any atom is 0.252 e. The Morgan fingerprint density at radius 2 is 2.07 bits per heavy atom. The molecule has 3 rings (SSSR count). The van der Waals surface area contributed by atoms with E-state index in [-0.39, 0.29) is 12.6 Å². The number of carbonyl (C=O) groups excluding carboxylic acids is 1. The predicted molar refractivity (Wildman–Crippen MR) is 108 cm³/mol. The fourth-order valence-corrected chi connectivity index (χ4v) is 3.65. The summed E-state index contributed by atoms with van der Waals surface area (Å²) in [5, 5.41) is 9.55. The minimum atomic E-state index is -0.473. The van der Waals surface area contributed by atoms with Gasteiger partial charge in [0, 0.05) is 45.0 Å². The molecule has 1 atom stereocenters. The van der Waals surface area contributed by atoms with Crippen molar-refractivity contribution in [1.29, 1.82) is 0 Å². The average Bonchev–Trinajstić information content (AvgIpc) is 2.71. The largest absolute Gasteiger partial charge is 0.494 e. The zero-order chi connectivity index (χ0) is 19.9. The van der Waals surface area contributed by atoms with Gasteiger partial charge in [-0.25, -0.2) is 4.98 Å². The Morgan fingerprint density at radius 1 is 1.29 bits per heavy atom. The highest BCUT2D eigenvalue weighted by molar-refractivity contribution is 5.97. The average molecular weight is 384 g/mol. The van der Waals surface area contributed by atoms with Gasteiger partial charge >= 0.3 is 0 Å². The number of ether oxygens (including phenoxy) is 1. The van der Waals surface area contributed by atoms with E-state index in [1.54, 1.807) is 18.3 Å². The smallest absolute Gasteiger partial charge is 0.252 e. The molecule has 3 N–H and O–H groups in total. The Kier molecular flexibility index (Phi) is 6.84. The second-order valence-corrected chi connectivity index (χ2v) is 6.90. The number of hydrogen-bond acceptors (Lipinski definition) is 6. The summed E-state index contributed by atoms with van der Waals surface area (Å²) in [6, 6.07) is 11.7. The van der Waals surface area contributed by atoms with Crippen LogP contribution >= 0.6 is 0 Å².